The lowest BCUT2D eigenvalue weighted by Crippen LogP contribution is -2.32. The Bertz CT molecular complexity index is 903. The number of carbonyl (C=O) groups is 1. The van der Waals surface area contributed by atoms with Crippen LogP contribution in [0.5, 0.6) is 0 Å². The van der Waals surface area contributed by atoms with Crippen LogP contribution in [0.2, 0.25) is 5.02 Å². The van der Waals surface area contributed by atoms with Crippen molar-refractivity contribution in [2.24, 2.45) is 0 Å². The highest BCUT2D eigenvalue weighted by Gasteiger charge is 2.18. The Hall–Kier alpha value is -1.73. The normalized spacial score (nSPS) is 11.7. The fraction of sp³-hybridized carbons (Fsp3) is 0.263. The first-order chi connectivity index (χ1) is 12.5. The van der Waals surface area contributed by atoms with E-state index in [1.165, 1.54) is 11.3 Å². The van der Waals surface area contributed by atoms with Gasteiger partial charge in [-0.1, -0.05) is 35.1 Å². The number of hydrogen-bond donors (Lipinski definition) is 0. The van der Waals surface area contributed by atoms with Crippen LogP contribution in [0.15, 0.2) is 41.8 Å². The lowest BCUT2D eigenvalue weighted by atomic mass is 10.3. The molecule has 1 amide bonds. The molecule has 0 N–H and O–H groups in total. The standard InChI is InChI=1S/C19H20ClN3OS2/c1-22(2)11-5-12-23(17(24)10-9-14-6-4-13-25-14)19-21-18-15(20)7-3-8-16(18)26-19/h3-4,6-10,13H,5,11-12H2,1-2H3. The first-order valence-electron chi connectivity index (χ1n) is 8.27. The van der Waals surface area contributed by atoms with E-state index in [0.29, 0.717) is 16.7 Å². The molecule has 0 fully saturated rings. The third kappa shape index (κ3) is 4.71. The number of hydrogen-bond acceptors (Lipinski definition) is 5. The lowest BCUT2D eigenvalue weighted by molar-refractivity contribution is -0.114. The monoisotopic (exact) mass is 405 g/mol. The molecule has 0 bridgehead atoms. The van der Waals surface area contributed by atoms with Crippen molar-refractivity contribution in [1.82, 2.24) is 9.88 Å². The minimum atomic E-state index is -0.0627. The van der Waals surface area contributed by atoms with Gasteiger partial charge in [0.1, 0.15) is 5.52 Å². The van der Waals surface area contributed by atoms with E-state index in [-0.39, 0.29) is 5.91 Å². The van der Waals surface area contributed by atoms with Gasteiger partial charge in [0.05, 0.1) is 9.72 Å². The summed E-state index contributed by atoms with van der Waals surface area (Å²) in [5.41, 5.74) is 0.752. The maximum atomic E-state index is 12.8. The van der Waals surface area contributed by atoms with Gasteiger partial charge in [-0.25, -0.2) is 4.98 Å². The van der Waals surface area contributed by atoms with Crippen LogP contribution in [0.4, 0.5) is 5.13 Å². The minimum absolute atomic E-state index is 0.0627. The van der Waals surface area contributed by atoms with Crippen LogP contribution in [-0.2, 0) is 4.79 Å². The molecular formula is C19H20ClN3OS2. The molecule has 7 heteroatoms. The number of benzene rings is 1. The number of amides is 1. The molecule has 0 spiro atoms. The molecule has 0 aliphatic heterocycles. The summed E-state index contributed by atoms with van der Waals surface area (Å²) in [4.78, 5) is 22.4. The average molecular weight is 406 g/mol. The van der Waals surface area contributed by atoms with Crippen molar-refractivity contribution in [3.05, 3.63) is 51.7 Å². The van der Waals surface area contributed by atoms with Crippen molar-refractivity contribution in [1.29, 1.82) is 0 Å². The smallest absolute Gasteiger partial charge is 0.252 e. The highest BCUT2D eigenvalue weighted by atomic mass is 35.5. The summed E-state index contributed by atoms with van der Waals surface area (Å²) in [6.45, 7) is 1.52. The van der Waals surface area contributed by atoms with Gasteiger partial charge in [-0.2, -0.15) is 0 Å². The van der Waals surface area contributed by atoms with E-state index in [9.17, 15) is 4.79 Å². The molecule has 3 rings (SSSR count). The largest absolute Gasteiger partial charge is 0.309 e. The molecule has 4 nitrogen and oxygen atoms in total. The van der Waals surface area contributed by atoms with Gasteiger partial charge in [-0.05, 0) is 56.7 Å². The summed E-state index contributed by atoms with van der Waals surface area (Å²) in [5.74, 6) is -0.0627. The van der Waals surface area contributed by atoms with Gasteiger partial charge in [0.15, 0.2) is 5.13 Å². The number of carbonyl (C=O) groups excluding carboxylic acids is 1. The number of aromatic nitrogens is 1. The Kier molecular flexibility index (Phi) is 6.43. The Morgan fingerprint density at radius 3 is 2.77 bits per heavy atom. The first kappa shape index (κ1) is 19.0. The van der Waals surface area contributed by atoms with Crippen LogP contribution >= 0.6 is 34.3 Å². The number of fused-ring (bicyclic) bond motifs is 1. The quantitative estimate of drug-likeness (QED) is 0.518. The number of nitrogens with zero attached hydrogens (tertiary/aromatic N) is 3. The van der Waals surface area contributed by atoms with Crippen LogP contribution < -0.4 is 4.90 Å². The van der Waals surface area contributed by atoms with Crippen molar-refractivity contribution in [3.63, 3.8) is 0 Å². The second-order valence-corrected chi connectivity index (χ2v) is 8.47. The number of anilines is 1. The SMILES string of the molecule is CN(C)CCCN(C(=O)C=Cc1cccs1)c1nc2c(Cl)cccc2s1. The summed E-state index contributed by atoms with van der Waals surface area (Å²) in [6.07, 6.45) is 4.34. The Morgan fingerprint density at radius 1 is 1.23 bits per heavy atom. The molecular weight excluding hydrogens is 386 g/mol. The highest BCUT2D eigenvalue weighted by molar-refractivity contribution is 7.22. The fourth-order valence-corrected chi connectivity index (χ4v) is 4.41. The van der Waals surface area contributed by atoms with Crippen molar-refractivity contribution >= 4 is 61.6 Å². The van der Waals surface area contributed by atoms with Crippen LogP contribution in [0.1, 0.15) is 11.3 Å². The van der Waals surface area contributed by atoms with E-state index in [1.54, 1.807) is 22.3 Å². The molecule has 0 aliphatic rings. The highest BCUT2D eigenvalue weighted by Crippen LogP contribution is 2.33. The van der Waals surface area contributed by atoms with Gasteiger partial charge < -0.3 is 4.90 Å². The Morgan fingerprint density at radius 2 is 2.08 bits per heavy atom. The van der Waals surface area contributed by atoms with Crippen molar-refractivity contribution in [3.8, 4) is 0 Å². The number of halogens is 1. The lowest BCUT2D eigenvalue weighted by Gasteiger charge is -2.19. The first-order valence-corrected chi connectivity index (χ1v) is 10.3. The van der Waals surface area contributed by atoms with Crippen molar-refractivity contribution in [2.45, 2.75) is 6.42 Å². The zero-order valence-corrected chi connectivity index (χ0v) is 17.1. The topological polar surface area (TPSA) is 36.4 Å². The zero-order valence-electron chi connectivity index (χ0n) is 14.7. The van der Waals surface area contributed by atoms with Gasteiger partial charge in [0.25, 0.3) is 5.91 Å². The number of rotatable bonds is 7. The molecule has 2 aromatic heterocycles. The second kappa shape index (κ2) is 8.77. The van der Waals surface area contributed by atoms with E-state index in [2.05, 4.69) is 9.88 Å². The van der Waals surface area contributed by atoms with Crippen LogP contribution in [0, 0.1) is 0 Å². The summed E-state index contributed by atoms with van der Waals surface area (Å²) in [7, 11) is 4.06. The number of thiophene rings is 1. The molecule has 2 heterocycles. The number of thiazole rings is 1. The summed E-state index contributed by atoms with van der Waals surface area (Å²) in [6, 6.07) is 9.66. The van der Waals surface area contributed by atoms with E-state index < -0.39 is 0 Å². The fourth-order valence-electron chi connectivity index (χ4n) is 2.49. The molecule has 0 atom stereocenters. The van der Waals surface area contributed by atoms with Crippen molar-refractivity contribution < 1.29 is 4.79 Å². The van der Waals surface area contributed by atoms with Crippen LogP contribution in [0.3, 0.4) is 0 Å². The zero-order chi connectivity index (χ0) is 18.5. The predicted molar refractivity (Wildman–Crippen MR) is 114 cm³/mol. The minimum Gasteiger partial charge on any atom is -0.309 e. The molecule has 0 radical (unpaired) electrons. The van der Waals surface area contributed by atoms with Gasteiger partial charge in [-0.15, -0.1) is 11.3 Å². The average Bonchev–Trinajstić information content (AvgIpc) is 3.26. The molecule has 0 unspecified atom stereocenters. The summed E-state index contributed by atoms with van der Waals surface area (Å²) >= 11 is 9.35. The van der Waals surface area contributed by atoms with E-state index in [0.717, 1.165) is 28.1 Å². The van der Waals surface area contributed by atoms with E-state index in [1.807, 2.05) is 55.9 Å². The second-order valence-electron chi connectivity index (χ2n) is 6.08. The third-order valence-corrected chi connectivity index (χ3v) is 5.96. The third-order valence-electron chi connectivity index (χ3n) is 3.78. The summed E-state index contributed by atoms with van der Waals surface area (Å²) < 4.78 is 0.986. The van der Waals surface area contributed by atoms with Crippen molar-refractivity contribution in [2.75, 3.05) is 32.1 Å². The Balaban J connectivity index is 1.85. The molecule has 0 aliphatic carbocycles. The predicted octanol–water partition coefficient (Wildman–Crippen LogP) is 5.01. The van der Waals surface area contributed by atoms with Gasteiger partial charge in [0.2, 0.25) is 0 Å². The number of para-hydroxylation sites is 1. The van der Waals surface area contributed by atoms with E-state index >= 15 is 0 Å². The maximum Gasteiger partial charge on any atom is 0.252 e. The molecule has 136 valence electrons. The molecule has 0 saturated heterocycles. The van der Waals surface area contributed by atoms with Crippen LogP contribution in [0.25, 0.3) is 16.3 Å². The Labute approximate surface area is 166 Å². The van der Waals surface area contributed by atoms with Gasteiger partial charge in [0, 0.05) is 17.5 Å². The molecule has 26 heavy (non-hydrogen) atoms. The van der Waals surface area contributed by atoms with E-state index in [4.69, 9.17) is 11.6 Å². The van der Waals surface area contributed by atoms with Crippen LogP contribution in [-0.4, -0.2) is 43.0 Å². The summed E-state index contributed by atoms with van der Waals surface area (Å²) in [5, 5.41) is 3.29. The maximum absolute atomic E-state index is 12.8. The van der Waals surface area contributed by atoms with Gasteiger partial charge in [-0.3, -0.25) is 9.69 Å². The molecule has 1 aromatic carbocycles. The van der Waals surface area contributed by atoms with Gasteiger partial charge >= 0.3 is 0 Å². The molecule has 0 saturated carbocycles. The molecule has 3 aromatic rings.